The molecular weight excluding hydrogens is 114 g/mol. The second-order valence-corrected chi connectivity index (χ2v) is 2.65. The van der Waals surface area contributed by atoms with Gasteiger partial charge in [-0.2, -0.15) is 0 Å². The summed E-state index contributed by atoms with van der Waals surface area (Å²) >= 11 is 0. The Bertz CT molecular complexity index is 57.9. The zero-order valence-corrected chi connectivity index (χ0v) is 6.59. The minimum absolute atomic E-state index is 0.194. The van der Waals surface area contributed by atoms with Crippen molar-refractivity contribution in [2.24, 2.45) is 5.92 Å². The van der Waals surface area contributed by atoms with Gasteiger partial charge in [0.15, 0.2) is 6.23 Å². The van der Waals surface area contributed by atoms with Gasteiger partial charge in [-0.25, -0.2) is 0 Å². The van der Waals surface area contributed by atoms with Gasteiger partial charge in [0.2, 0.25) is 0 Å². The van der Waals surface area contributed by atoms with Crippen LogP contribution < -0.4 is 5.32 Å². The first-order valence-electron chi connectivity index (χ1n) is 3.68. The molecule has 0 fully saturated rings. The van der Waals surface area contributed by atoms with Gasteiger partial charge in [-0.3, -0.25) is 0 Å². The largest absolute Gasteiger partial charge is 0.345 e. The van der Waals surface area contributed by atoms with Crippen molar-refractivity contribution < 1.29 is 10.4 Å². The lowest BCUT2D eigenvalue weighted by Crippen LogP contribution is -2.86. The van der Waals surface area contributed by atoms with Crippen molar-refractivity contribution in [2.75, 3.05) is 7.05 Å². The molecule has 0 aromatic heterocycles. The van der Waals surface area contributed by atoms with Crippen molar-refractivity contribution in [2.45, 2.75) is 32.9 Å². The molecule has 2 heteroatoms. The smallest absolute Gasteiger partial charge is 0.187 e. The topological polar surface area (TPSA) is 36.8 Å². The second-order valence-electron chi connectivity index (χ2n) is 2.65. The van der Waals surface area contributed by atoms with Gasteiger partial charge >= 0.3 is 0 Å². The maximum absolute atomic E-state index is 9.10. The Hall–Kier alpha value is -0.0800. The fourth-order valence-corrected chi connectivity index (χ4v) is 0.715. The number of quaternary nitrogens is 1. The van der Waals surface area contributed by atoms with E-state index in [9.17, 15) is 0 Å². The van der Waals surface area contributed by atoms with E-state index in [4.69, 9.17) is 5.11 Å². The predicted molar refractivity (Wildman–Crippen MR) is 37.9 cm³/mol. The van der Waals surface area contributed by atoms with Crippen LogP contribution in [-0.4, -0.2) is 18.4 Å². The first-order valence-corrected chi connectivity index (χ1v) is 3.68. The van der Waals surface area contributed by atoms with Crippen molar-refractivity contribution in [3.05, 3.63) is 0 Å². The molecule has 9 heavy (non-hydrogen) atoms. The molecule has 0 aliphatic carbocycles. The summed E-state index contributed by atoms with van der Waals surface area (Å²) in [5, 5.41) is 10.9. The first kappa shape index (κ1) is 8.92. The summed E-state index contributed by atoms with van der Waals surface area (Å²) in [4.78, 5) is 0. The van der Waals surface area contributed by atoms with Crippen LogP contribution in [0.2, 0.25) is 0 Å². The molecule has 0 rings (SSSR count). The summed E-state index contributed by atoms with van der Waals surface area (Å²) in [5.74, 6) is 0.649. The number of rotatable bonds is 4. The van der Waals surface area contributed by atoms with E-state index in [0.717, 1.165) is 12.8 Å². The third-order valence-corrected chi connectivity index (χ3v) is 1.73. The van der Waals surface area contributed by atoms with E-state index < -0.39 is 0 Å². The van der Waals surface area contributed by atoms with Gasteiger partial charge < -0.3 is 10.4 Å². The van der Waals surface area contributed by atoms with Gasteiger partial charge in [-0.1, -0.05) is 20.3 Å². The summed E-state index contributed by atoms with van der Waals surface area (Å²) in [6, 6.07) is 0. The highest BCUT2D eigenvalue weighted by Gasteiger charge is 2.07. The first-order chi connectivity index (χ1) is 4.20. The molecule has 2 unspecified atom stereocenters. The maximum Gasteiger partial charge on any atom is 0.187 e. The Morgan fingerprint density at radius 1 is 1.56 bits per heavy atom. The van der Waals surface area contributed by atoms with Crippen LogP contribution in [0.25, 0.3) is 0 Å². The normalized spacial score (nSPS) is 17.3. The van der Waals surface area contributed by atoms with Crippen LogP contribution in [0.1, 0.15) is 26.7 Å². The molecule has 0 aliphatic heterocycles. The summed E-state index contributed by atoms with van der Waals surface area (Å²) in [5.41, 5.74) is 0. The number of aliphatic hydroxyl groups is 1. The van der Waals surface area contributed by atoms with E-state index >= 15 is 0 Å². The fourth-order valence-electron chi connectivity index (χ4n) is 0.715. The third-order valence-electron chi connectivity index (χ3n) is 1.73. The second kappa shape index (κ2) is 4.77. The van der Waals surface area contributed by atoms with Gasteiger partial charge in [0.25, 0.3) is 0 Å². The molecule has 0 aromatic rings. The average molecular weight is 132 g/mol. The van der Waals surface area contributed by atoms with Crippen LogP contribution >= 0.6 is 0 Å². The molecule has 2 atom stereocenters. The average Bonchev–Trinajstić information content (AvgIpc) is 1.87. The Morgan fingerprint density at radius 2 is 2.11 bits per heavy atom. The van der Waals surface area contributed by atoms with Crippen LogP contribution in [-0.2, 0) is 0 Å². The fraction of sp³-hybridized carbons (Fsp3) is 1.00. The molecular formula is C7H18NO+. The third kappa shape index (κ3) is 4.43. The number of aliphatic hydroxyl groups excluding tert-OH is 1. The minimum atomic E-state index is -0.194. The van der Waals surface area contributed by atoms with Crippen LogP contribution in [0.4, 0.5) is 0 Å². The van der Waals surface area contributed by atoms with Gasteiger partial charge in [0.05, 0.1) is 7.05 Å². The maximum atomic E-state index is 9.10. The zero-order chi connectivity index (χ0) is 7.28. The lowest BCUT2D eigenvalue weighted by molar-refractivity contribution is -0.702. The highest BCUT2D eigenvalue weighted by molar-refractivity contribution is 4.48. The highest BCUT2D eigenvalue weighted by Crippen LogP contribution is 2.05. The highest BCUT2D eigenvalue weighted by atomic mass is 16.3. The molecule has 0 bridgehead atoms. The van der Waals surface area contributed by atoms with Crippen molar-refractivity contribution in [3.63, 3.8) is 0 Å². The number of nitrogens with two attached hydrogens (primary N) is 1. The molecule has 0 aromatic carbocycles. The quantitative estimate of drug-likeness (QED) is 0.516. The lowest BCUT2D eigenvalue weighted by atomic mass is 10.0. The van der Waals surface area contributed by atoms with Gasteiger partial charge in [0.1, 0.15) is 0 Å². The lowest BCUT2D eigenvalue weighted by Gasteiger charge is -2.10. The standard InChI is InChI=1S/C7H17NO/c1-4-6(2)5-7(9)8-3/h6-9H,4-5H2,1-3H3/p+1. The SMILES string of the molecule is CCC(C)CC(O)[NH2+]C. The number of hydrogen-bond acceptors (Lipinski definition) is 1. The molecule has 0 spiro atoms. The van der Waals surface area contributed by atoms with E-state index in [1.54, 1.807) is 0 Å². The van der Waals surface area contributed by atoms with Gasteiger partial charge in [-0.15, -0.1) is 0 Å². The minimum Gasteiger partial charge on any atom is -0.345 e. The van der Waals surface area contributed by atoms with Gasteiger partial charge in [0, 0.05) is 6.42 Å². The van der Waals surface area contributed by atoms with Crippen molar-refractivity contribution in [1.82, 2.24) is 0 Å². The van der Waals surface area contributed by atoms with Crippen LogP contribution in [0, 0.1) is 5.92 Å². The van der Waals surface area contributed by atoms with E-state index in [1.165, 1.54) is 0 Å². The van der Waals surface area contributed by atoms with Crippen molar-refractivity contribution in [1.29, 1.82) is 0 Å². The molecule has 0 aliphatic rings. The van der Waals surface area contributed by atoms with E-state index in [-0.39, 0.29) is 6.23 Å². The summed E-state index contributed by atoms with van der Waals surface area (Å²) in [6.45, 7) is 4.31. The molecule has 0 saturated heterocycles. The van der Waals surface area contributed by atoms with Crippen molar-refractivity contribution >= 4 is 0 Å². The Balaban J connectivity index is 3.22. The molecule has 0 heterocycles. The van der Waals surface area contributed by atoms with Crippen molar-refractivity contribution in [3.8, 4) is 0 Å². The Kier molecular flexibility index (Phi) is 4.72. The van der Waals surface area contributed by atoms with Crippen LogP contribution in [0.5, 0.6) is 0 Å². The molecule has 0 amide bonds. The molecule has 3 N–H and O–H groups in total. The van der Waals surface area contributed by atoms with E-state index in [2.05, 4.69) is 13.8 Å². The van der Waals surface area contributed by atoms with Gasteiger partial charge in [-0.05, 0) is 5.92 Å². The summed E-state index contributed by atoms with van der Waals surface area (Å²) in [7, 11) is 1.90. The summed E-state index contributed by atoms with van der Waals surface area (Å²) < 4.78 is 0. The predicted octanol–water partition coefficient (Wildman–Crippen LogP) is -0.0658. The molecule has 2 nitrogen and oxygen atoms in total. The zero-order valence-electron chi connectivity index (χ0n) is 6.59. The Labute approximate surface area is 57.3 Å². The molecule has 56 valence electrons. The van der Waals surface area contributed by atoms with Crippen LogP contribution in [0.3, 0.4) is 0 Å². The molecule has 0 radical (unpaired) electrons. The van der Waals surface area contributed by atoms with E-state index in [1.807, 2.05) is 12.4 Å². The monoisotopic (exact) mass is 132 g/mol. The Morgan fingerprint density at radius 3 is 2.44 bits per heavy atom. The van der Waals surface area contributed by atoms with E-state index in [0.29, 0.717) is 5.92 Å². The van der Waals surface area contributed by atoms with Crippen LogP contribution in [0.15, 0.2) is 0 Å². The molecule has 0 saturated carbocycles. The number of hydrogen-bond donors (Lipinski definition) is 2. The summed E-state index contributed by atoms with van der Waals surface area (Å²) in [6.07, 6.45) is 1.87.